The molecule has 0 unspecified atom stereocenters. The van der Waals surface area contributed by atoms with Gasteiger partial charge in [-0.05, 0) is 30.5 Å². The van der Waals surface area contributed by atoms with E-state index in [0.29, 0.717) is 24.6 Å². The van der Waals surface area contributed by atoms with Crippen LogP contribution >= 0.6 is 0 Å². The summed E-state index contributed by atoms with van der Waals surface area (Å²) in [4.78, 5) is 14.0. The fourth-order valence-electron chi connectivity index (χ4n) is 3.00. The molecule has 1 atom stereocenters. The van der Waals surface area contributed by atoms with Crippen LogP contribution in [0.4, 0.5) is 0 Å². The Labute approximate surface area is 155 Å². The maximum atomic E-state index is 12.7. The highest BCUT2D eigenvalue weighted by Crippen LogP contribution is 2.18. The number of benzene rings is 1. The summed E-state index contributed by atoms with van der Waals surface area (Å²) in [5.74, 6) is -0.0180. The number of hydrogen-bond donors (Lipinski definition) is 1. The number of esters is 1. The van der Waals surface area contributed by atoms with Crippen molar-refractivity contribution in [3.63, 3.8) is 0 Å². The van der Waals surface area contributed by atoms with Crippen molar-refractivity contribution in [1.82, 2.24) is 9.62 Å². The minimum Gasteiger partial charge on any atom is -0.465 e. The van der Waals surface area contributed by atoms with Gasteiger partial charge in [-0.2, -0.15) is 0 Å². The number of sulfonamides is 1. The Hall–Kier alpha value is -1.48. The Kier molecular flexibility index (Phi) is 7.16. The zero-order valence-corrected chi connectivity index (χ0v) is 16.6. The molecule has 1 fully saturated rings. The van der Waals surface area contributed by atoms with E-state index in [2.05, 4.69) is 28.2 Å². The minimum atomic E-state index is -3.75. The smallest absolute Gasteiger partial charge is 0.337 e. The van der Waals surface area contributed by atoms with Crippen molar-refractivity contribution in [2.45, 2.75) is 31.8 Å². The summed E-state index contributed by atoms with van der Waals surface area (Å²) < 4.78 is 38.3. The topological polar surface area (TPSA) is 84.9 Å². The minimum absolute atomic E-state index is 0.0789. The summed E-state index contributed by atoms with van der Waals surface area (Å²) in [6, 6.07) is 4.49. The van der Waals surface area contributed by atoms with Gasteiger partial charge < -0.3 is 9.47 Å². The number of morpholine rings is 1. The van der Waals surface area contributed by atoms with E-state index in [-0.39, 0.29) is 23.1 Å². The molecule has 0 spiro atoms. The first-order chi connectivity index (χ1) is 12.2. The molecule has 1 aromatic carbocycles. The van der Waals surface area contributed by atoms with Crippen LogP contribution in [-0.4, -0.2) is 65.3 Å². The van der Waals surface area contributed by atoms with Crippen molar-refractivity contribution >= 4 is 16.0 Å². The number of methoxy groups -OCH3 is 1. The lowest BCUT2D eigenvalue weighted by Gasteiger charge is -2.33. The van der Waals surface area contributed by atoms with Crippen molar-refractivity contribution in [3.8, 4) is 0 Å². The molecule has 1 aliphatic rings. The Morgan fingerprint density at radius 1 is 1.42 bits per heavy atom. The van der Waals surface area contributed by atoms with E-state index >= 15 is 0 Å². The van der Waals surface area contributed by atoms with E-state index in [1.165, 1.54) is 13.2 Å². The maximum absolute atomic E-state index is 12.7. The lowest BCUT2D eigenvalue weighted by atomic mass is 10.1. The van der Waals surface area contributed by atoms with Gasteiger partial charge in [-0.1, -0.05) is 19.9 Å². The lowest BCUT2D eigenvalue weighted by Crippen LogP contribution is -2.48. The zero-order valence-electron chi connectivity index (χ0n) is 15.8. The molecular formula is C18H28N2O5S. The molecule has 0 aromatic heterocycles. The van der Waals surface area contributed by atoms with Crippen LogP contribution in [0.5, 0.6) is 0 Å². The SMILES string of the molecule is COC(=O)c1ccc(C)c(S(=O)(=O)NC[C@@H]2CN(CC(C)C)CCO2)c1. The van der Waals surface area contributed by atoms with Gasteiger partial charge in [0, 0.05) is 26.2 Å². The fourth-order valence-corrected chi connectivity index (χ4v) is 4.34. The molecule has 0 aliphatic carbocycles. The summed E-state index contributed by atoms with van der Waals surface area (Å²) in [6.07, 6.45) is -0.193. The highest BCUT2D eigenvalue weighted by atomic mass is 32.2. The molecule has 146 valence electrons. The number of carbonyl (C=O) groups excluding carboxylic acids is 1. The van der Waals surface area contributed by atoms with E-state index in [4.69, 9.17) is 4.74 Å². The average Bonchev–Trinajstić information content (AvgIpc) is 2.59. The number of nitrogens with one attached hydrogen (secondary N) is 1. The number of carbonyl (C=O) groups is 1. The van der Waals surface area contributed by atoms with Gasteiger partial charge in [0.1, 0.15) is 0 Å². The Morgan fingerprint density at radius 3 is 2.81 bits per heavy atom. The molecule has 1 aromatic rings. The third kappa shape index (κ3) is 5.51. The third-order valence-electron chi connectivity index (χ3n) is 4.25. The summed E-state index contributed by atoms with van der Waals surface area (Å²) in [6.45, 7) is 9.32. The van der Waals surface area contributed by atoms with Crippen molar-refractivity contribution in [2.24, 2.45) is 5.92 Å². The number of rotatable bonds is 7. The second-order valence-electron chi connectivity index (χ2n) is 6.97. The summed E-state index contributed by atoms with van der Waals surface area (Å²) in [5, 5.41) is 0. The molecule has 8 heteroatoms. The molecule has 26 heavy (non-hydrogen) atoms. The van der Waals surface area contributed by atoms with Crippen LogP contribution in [0.25, 0.3) is 0 Å². The molecule has 2 rings (SSSR count). The van der Waals surface area contributed by atoms with Gasteiger partial charge in [-0.25, -0.2) is 17.9 Å². The maximum Gasteiger partial charge on any atom is 0.337 e. The third-order valence-corrected chi connectivity index (χ3v) is 5.81. The van der Waals surface area contributed by atoms with Crippen LogP contribution in [0.3, 0.4) is 0 Å². The van der Waals surface area contributed by atoms with E-state index in [0.717, 1.165) is 13.1 Å². The number of nitrogens with zero attached hydrogens (tertiary/aromatic N) is 1. The largest absolute Gasteiger partial charge is 0.465 e. The second-order valence-corrected chi connectivity index (χ2v) is 8.71. The van der Waals surface area contributed by atoms with Gasteiger partial charge in [0.2, 0.25) is 10.0 Å². The average molecular weight is 384 g/mol. The van der Waals surface area contributed by atoms with E-state index in [1.54, 1.807) is 19.1 Å². The Bertz CT molecular complexity index is 733. The molecule has 0 amide bonds. The summed E-state index contributed by atoms with van der Waals surface area (Å²) in [7, 11) is -2.49. The Morgan fingerprint density at radius 2 is 2.15 bits per heavy atom. The first-order valence-corrected chi connectivity index (χ1v) is 10.2. The van der Waals surface area contributed by atoms with Crippen molar-refractivity contribution in [2.75, 3.05) is 39.9 Å². The van der Waals surface area contributed by atoms with Crippen LogP contribution in [0, 0.1) is 12.8 Å². The molecular weight excluding hydrogens is 356 g/mol. The summed E-state index contributed by atoms with van der Waals surface area (Å²) >= 11 is 0. The first-order valence-electron chi connectivity index (χ1n) is 8.75. The molecule has 0 radical (unpaired) electrons. The molecule has 0 saturated carbocycles. The monoisotopic (exact) mass is 384 g/mol. The molecule has 1 aliphatic heterocycles. The molecule has 1 N–H and O–H groups in total. The van der Waals surface area contributed by atoms with Gasteiger partial charge >= 0.3 is 5.97 Å². The standard InChI is InChI=1S/C18H28N2O5S/c1-13(2)11-20-7-8-25-16(12-20)10-19-26(22,23)17-9-15(18(21)24-4)6-5-14(17)3/h5-6,9,13,16,19H,7-8,10-12H2,1-4H3/t16-/m1/s1. The highest BCUT2D eigenvalue weighted by Gasteiger charge is 2.25. The van der Waals surface area contributed by atoms with Crippen LogP contribution in [0.1, 0.15) is 29.8 Å². The van der Waals surface area contributed by atoms with Crippen LogP contribution < -0.4 is 4.72 Å². The van der Waals surface area contributed by atoms with E-state index in [9.17, 15) is 13.2 Å². The van der Waals surface area contributed by atoms with Crippen molar-refractivity contribution < 1.29 is 22.7 Å². The number of aryl methyl sites for hydroxylation is 1. The van der Waals surface area contributed by atoms with Gasteiger partial charge in [-0.3, -0.25) is 4.90 Å². The van der Waals surface area contributed by atoms with Crippen LogP contribution in [-0.2, 0) is 19.5 Å². The predicted octanol–water partition coefficient (Wildman–Crippen LogP) is 1.42. The van der Waals surface area contributed by atoms with Crippen LogP contribution in [0.2, 0.25) is 0 Å². The lowest BCUT2D eigenvalue weighted by molar-refractivity contribution is -0.0280. The molecule has 1 saturated heterocycles. The first kappa shape index (κ1) is 20.8. The normalized spacial score (nSPS) is 18.9. The predicted molar refractivity (Wildman–Crippen MR) is 98.7 cm³/mol. The number of hydrogen-bond acceptors (Lipinski definition) is 6. The van der Waals surface area contributed by atoms with Gasteiger partial charge in [-0.15, -0.1) is 0 Å². The van der Waals surface area contributed by atoms with Crippen LogP contribution in [0.15, 0.2) is 23.1 Å². The van der Waals surface area contributed by atoms with E-state index in [1.807, 2.05) is 0 Å². The second kappa shape index (κ2) is 8.94. The van der Waals surface area contributed by atoms with Gasteiger partial charge in [0.25, 0.3) is 0 Å². The fraction of sp³-hybridized carbons (Fsp3) is 0.611. The van der Waals surface area contributed by atoms with E-state index < -0.39 is 16.0 Å². The van der Waals surface area contributed by atoms with Gasteiger partial charge in [0.15, 0.2) is 0 Å². The quantitative estimate of drug-likeness (QED) is 0.716. The zero-order chi connectivity index (χ0) is 19.3. The van der Waals surface area contributed by atoms with Gasteiger partial charge in [0.05, 0.1) is 30.3 Å². The highest BCUT2D eigenvalue weighted by molar-refractivity contribution is 7.89. The molecule has 0 bridgehead atoms. The van der Waals surface area contributed by atoms with Crippen molar-refractivity contribution in [3.05, 3.63) is 29.3 Å². The Balaban J connectivity index is 2.06. The van der Waals surface area contributed by atoms with Crippen molar-refractivity contribution in [1.29, 1.82) is 0 Å². The number of ether oxygens (including phenoxy) is 2. The molecule has 7 nitrogen and oxygen atoms in total. The summed E-state index contributed by atoms with van der Waals surface area (Å²) in [5.41, 5.74) is 0.770. The molecule has 1 heterocycles.